The summed E-state index contributed by atoms with van der Waals surface area (Å²) in [6.45, 7) is 3.07. The first-order valence-corrected chi connectivity index (χ1v) is 9.98. The average Bonchev–Trinajstić information content (AvgIpc) is 3.32. The van der Waals surface area contributed by atoms with Gasteiger partial charge in [0.2, 0.25) is 11.6 Å². The van der Waals surface area contributed by atoms with Crippen molar-refractivity contribution in [2.75, 3.05) is 13.1 Å². The fourth-order valence-electron chi connectivity index (χ4n) is 4.32. The molecule has 3 aliphatic heterocycles. The fraction of sp³-hybridized carbons (Fsp3) is 0.400. The van der Waals surface area contributed by atoms with Crippen LogP contribution in [-0.2, 0) is 4.79 Å². The van der Waals surface area contributed by atoms with Crippen molar-refractivity contribution in [1.82, 2.24) is 9.91 Å². The molecular formula is C20H21N3O2S. The highest BCUT2D eigenvalue weighted by molar-refractivity contribution is 7.12. The largest absolute Gasteiger partial charge is 0.466 e. The third-order valence-corrected chi connectivity index (χ3v) is 6.62. The number of nitrogens with zero attached hydrogens (tertiary/aromatic N) is 3. The van der Waals surface area contributed by atoms with E-state index >= 15 is 0 Å². The molecule has 0 saturated carbocycles. The summed E-state index contributed by atoms with van der Waals surface area (Å²) in [5, 5.41) is 9.32. The van der Waals surface area contributed by atoms with Gasteiger partial charge in [-0.3, -0.25) is 4.79 Å². The van der Waals surface area contributed by atoms with Crippen LogP contribution in [0.4, 0.5) is 0 Å². The maximum absolute atomic E-state index is 11.7. The number of thiophene rings is 1. The molecule has 1 fully saturated rings. The molecular weight excluding hydrogens is 346 g/mol. The zero-order valence-electron chi connectivity index (χ0n) is 14.7. The number of carbonyl (C=O) groups is 1. The minimum atomic E-state index is -0.454. The Balaban J connectivity index is 1.54. The van der Waals surface area contributed by atoms with E-state index in [2.05, 4.69) is 40.7 Å². The van der Waals surface area contributed by atoms with Crippen LogP contribution < -0.4 is 4.74 Å². The first-order valence-electron chi connectivity index (χ1n) is 9.10. The maximum Gasteiger partial charge on any atom is 0.219 e. The molecule has 1 aromatic carbocycles. The van der Waals surface area contributed by atoms with Crippen molar-refractivity contribution in [3.63, 3.8) is 0 Å². The van der Waals surface area contributed by atoms with Crippen LogP contribution >= 0.6 is 11.3 Å². The summed E-state index contributed by atoms with van der Waals surface area (Å²) in [7, 11) is 0. The van der Waals surface area contributed by atoms with E-state index in [1.54, 1.807) is 18.3 Å². The molecule has 5 rings (SSSR count). The molecule has 1 spiro atoms. The number of benzene rings is 1. The van der Waals surface area contributed by atoms with Gasteiger partial charge < -0.3 is 9.64 Å². The van der Waals surface area contributed by atoms with Crippen LogP contribution in [0.2, 0.25) is 0 Å². The number of piperidine rings is 1. The van der Waals surface area contributed by atoms with Crippen molar-refractivity contribution in [3.8, 4) is 5.75 Å². The highest BCUT2D eigenvalue weighted by Gasteiger charge is 2.52. The maximum atomic E-state index is 11.7. The number of ether oxygens (including phenoxy) is 1. The summed E-state index contributed by atoms with van der Waals surface area (Å²) < 4.78 is 6.55. The van der Waals surface area contributed by atoms with Crippen molar-refractivity contribution in [2.24, 2.45) is 5.10 Å². The van der Waals surface area contributed by atoms with Gasteiger partial charge in [-0.05, 0) is 17.5 Å². The molecule has 3 aliphatic rings. The molecule has 4 heterocycles. The number of para-hydroxylation sites is 1. The zero-order chi connectivity index (χ0) is 17.7. The molecule has 0 N–H and O–H groups in total. The first kappa shape index (κ1) is 15.9. The Bertz CT molecular complexity index is 869. The number of hydrogen-bond donors (Lipinski definition) is 0. The van der Waals surface area contributed by atoms with Crippen molar-refractivity contribution in [3.05, 3.63) is 52.2 Å². The van der Waals surface area contributed by atoms with E-state index in [1.165, 1.54) is 10.4 Å². The third kappa shape index (κ3) is 2.35. The lowest BCUT2D eigenvalue weighted by Crippen LogP contribution is -2.59. The molecule has 1 atom stereocenters. The molecule has 134 valence electrons. The van der Waals surface area contributed by atoms with Gasteiger partial charge >= 0.3 is 0 Å². The van der Waals surface area contributed by atoms with Crippen molar-refractivity contribution < 1.29 is 9.53 Å². The quantitative estimate of drug-likeness (QED) is 0.773. The minimum Gasteiger partial charge on any atom is -0.466 e. The van der Waals surface area contributed by atoms with Crippen LogP contribution in [-0.4, -0.2) is 40.3 Å². The Kier molecular flexibility index (Phi) is 3.57. The lowest BCUT2D eigenvalue weighted by molar-refractivity contribution is -0.158. The van der Waals surface area contributed by atoms with E-state index in [0.717, 1.165) is 30.7 Å². The number of hydrazone groups is 1. The van der Waals surface area contributed by atoms with Crippen LogP contribution in [0.25, 0.3) is 0 Å². The zero-order valence-corrected chi connectivity index (χ0v) is 15.5. The summed E-state index contributed by atoms with van der Waals surface area (Å²) in [4.78, 5) is 14.9. The average molecular weight is 367 g/mol. The van der Waals surface area contributed by atoms with E-state index in [1.807, 2.05) is 11.0 Å². The molecule has 1 aromatic heterocycles. The van der Waals surface area contributed by atoms with Crippen molar-refractivity contribution in [1.29, 1.82) is 0 Å². The van der Waals surface area contributed by atoms with Gasteiger partial charge in [0.25, 0.3) is 0 Å². The molecule has 0 bridgehead atoms. The van der Waals surface area contributed by atoms with E-state index < -0.39 is 5.72 Å². The Morgan fingerprint density at radius 3 is 2.77 bits per heavy atom. The van der Waals surface area contributed by atoms with Crippen molar-refractivity contribution >= 4 is 23.0 Å². The second-order valence-electron chi connectivity index (χ2n) is 7.18. The third-order valence-electron chi connectivity index (χ3n) is 5.70. The van der Waals surface area contributed by atoms with Crippen LogP contribution in [0.1, 0.15) is 42.7 Å². The number of likely N-dealkylation sites (tertiary alicyclic amines) is 1. The van der Waals surface area contributed by atoms with Crippen LogP contribution in [0.3, 0.4) is 0 Å². The number of carbonyl (C=O) groups excluding carboxylic acids is 1. The second-order valence-corrected chi connectivity index (χ2v) is 8.13. The van der Waals surface area contributed by atoms with Gasteiger partial charge in [0.05, 0.1) is 16.6 Å². The van der Waals surface area contributed by atoms with Crippen LogP contribution in [0.5, 0.6) is 5.75 Å². The lowest BCUT2D eigenvalue weighted by atomic mass is 9.91. The second kappa shape index (κ2) is 5.84. The van der Waals surface area contributed by atoms with Gasteiger partial charge in [-0.25, -0.2) is 5.01 Å². The number of fused-ring (bicyclic) bond motifs is 4. The summed E-state index contributed by atoms with van der Waals surface area (Å²) in [5.41, 5.74) is 1.89. The molecule has 26 heavy (non-hydrogen) atoms. The van der Waals surface area contributed by atoms with Crippen LogP contribution in [0.15, 0.2) is 46.9 Å². The van der Waals surface area contributed by atoms with E-state index in [0.29, 0.717) is 13.1 Å². The van der Waals surface area contributed by atoms with Gasteiger partial charge in [-0.1, -0.05) is 24.3 Å². The minimum absolute atomic E-state index is 0.136. The van der Waals surface area contributed by atoms with Gasteiger partial charge in [-0.2, -0.15) is 5.10 Å². The summed E-state index contributed by atoms with van der Waals surface area (Å²) in [5.74, 6) is 1.10. The number of hydrogen-bond acceptors (Lipinski definition) is 5. The number of rotatable bonds is 1. The molecule has 1 saturated heterocycles. The summed E-state index contributed by atoms with van der Waals surface area (Å²) in [6.07, 6.45) is 2.45. The first-order chi connectivity index (χ1) is 12.7. The molecule has 2 aromatic rings. The van der Waals surface area contributed by atoms with Gasteiger partial charge in [0, 0.05) is 44.8 Å². The Morgan fingerprint density at radius 2 is 2.04 bits per heavy atom. The smallest absolute Gasteiger partial charge is 0.219 e. The molecule has 6 heteroatoms. The van der Waals surface area contributed by atoms with E-state index in [-0.39, 0.29) is 11.9 Å². The summed E-state index contributed by atoms with van der Waals surface area (Å²) >= 11 is 1.74. The lowest BCUT2D eigenvalue weighted by Gasteiger charge is -2.51. The van der Waals surface area contributed by atoms with Gasteiger partial charge in [-0.15, -0.1) is 11.3 Å². The topological polar surface area (TPSA) is 45.1 Å². The number of amides is 1. The Hall–Kier alpha value is -2.34. The molecule has 1 amide bonds. The predicted octanol–water partition coefficient (Wildman–Crippen LogP) is 3.63. The normalized spacial score (nSPS) is 23.3. The molecule has 0 aliphatic carbocycles. The summed E-state index contributed by atoms with van der Waals surface area (Å²) in [6, 6.07) is 12.7. The standard InChI is InChI=1S/C20H21N3O2S/c1-14(24)22-10-8-20(9-11-22)23-17(15-5-2-3-6-18(15)25-20)13-16(21-23)19-7-4-12-26-19/h2-7,12,17H,8-11,13H2,1H3/t17-/m0/s1. The molecule has 0 unspecified atom stereocenters. The van der Waals surface area contributed by atoms with Crippen LogP contribution in [0, 0.1) is 0 Å². The predicted molar refractivity (Wildman–Crippen MR) is 101 cm³/mol. The highest BCUT2D eigenvalue weighted by Crippen LogP contribution is 2.50. The van der Waals surface area contributed by atoms with Gasteiger partial charge in [0.15, 0.2) is 0 Å². The highest BCUT2D eigenvalue weighted by atomic mass is 32.1. The van der Waals surface area contributed by atoms with Crippen molar-refractivity contribution in [2.45, 2.75) is 38.0 Å². The fourth-order valence-corrected chi connectivity index (χ4v) is 5.04. The molecule has 5 nitrogen and oxygen atoms in total. The molecule has 0 radical (unpaired) electrons. The Labute approximate surface area is 156 Å². The van der Waals surface area contributed by atoms with E-state index in [9.17, 15) is 4.79 Å². The SMILES string of the molecule is CC(=O)N1CCC2(CC1)Oc1ccccc1[C@@H]1CC(c3cccs3)=NN12. The Morgan fingerprint density at radius 1 is 1.23 bits per heavy atom. The monoisotopic (exact) mass is 367 g/mol. The van der Waals surface area contributed by atoms with E-state index in [4.69, 9.17) is 9.84 Å². The van der Waals surface area contributed by atoms with Gasteiger partial charge in [0.1, 0.15) is 5.75 Å².